The van der Waals surface area contributed by atoms with E-state index in [0.29, 0.717) is 0 Å². The first-order valence-corrected chi connectivity index (χ1v) is 8.38. The van der Waals surface area contributed by atoms with Crippen LogP contribution in [-0.2, 0) is 0 Å². The van der Waals surface area contributed by atoms with Crippen LogP contribution in [0.15, 0.2) is 73.0 Å². The van der Waals surface area contributed by atoms with E-state index in [1.807, 2.05) is 54.7 Å². The fourth-order valence-corrected chi connectivity index (χ4v) is 3.09. The highest BCUT2D eigenvalue weighted by atomic mass is 16.5. The predicted molar refractivity (Wildman–Crippen MR) is 105 cm³/mol. The van der Waals surface area contributed by atoms with Crippen LogP contribution in [0.1, 0.15) is 11.3 Å². The van der Waals surface area contributed by atoms with Crippen molar-refractivity contribution >= 4 is 21.9 Å². The zero-order chi connectivity index (χ0) is 17.9. The summed E-state index contributed by atoms with van der Waals surface area (Å²) in [5, 5.41) is 2.28. The summed E-state index contributed by atoms with van der Waals surface area (Å²) in [5.41, 5.74) is 3.98. The maximum atomic E-state index is 5.39. The Hall–Kier alpha value is -3.42. The largest absolute Gasteiger partial charge is 0.497 e. The smallest absolute Gasteiger partial charge is 0.175 e. The first-order chi connectivity index (χ1) is 12.8. The molecule has 3 nitrogen and oxygen atoms in total. The standard InChI is InChI=1S/C23H18NO2/c1-25-20-13-19(14-21(15-20)26-2)17-7-5-8-18(12-17)23-22-9-4-3-6-16(22)10-11-24-23/h3-7,9-15H,1-2H3/q+1. The molecule has 2 aromatic carbocycles. The second-order valence-electron chi connectivity index (χ2n) is 5.97. The maximum Gasteiger partial charge on any atom is 0.175 e. The van der Waals surface area contributed by atoms with Gasteiger partial charge in [-0.3, -0.25) is 0 Å². The second-order valence-corrected chi connectivity index (χ2v) is 5.97. The molecule has 1 aromatic heterocycles. The second kappa shape index (κ2) is 6.83. The summed E-state index contributed by atoms with van der Waals surface area (Å²) in [7, 11) is 3.31. The van der Waals surface area contributed by atoms with E-state index < -0.39 is 0 Å². The Bertz CT molecular complexity index is 1030. The number of hydrogen-bond acceptors (Lipinski definition) is 3. The van der Waals surface area contributed by atoms with E-state index in [-0.39, 0.29) is 0 Å². The van der Waals surface area contributed by atoms with Gasteiger partial charge in [-0.05, 0) is 29.7 Å². The van der Waals surface area contributed by atoms with Crippen LogP contribution in [0.5, 0.6) is 11.5 Å². The Kier molecular flexibility index (Phi) is 4.22. The summed E-state index contributed by atoms with van der Waals surface area (Å²) in [4.78, 5) is 4.60. The van der Waals surface area contributed by atoms with Gasteiger partial charge in [0.2, 0.25) is 0 Å². The lowest BCUT2D eigenvalue weighted by Gasteiger charge is -2.09. The molecular formula is C23H18NO2+. The van der Waals surface area contributed by atoms with Gasteiger partial charge in [-0.25, -0.2) is 4.98 Å². The third kappa shape index (κ3) is 2.97. The third-order valence-corrected chi connectivity index (χ3v) is 4.42. The van der Waals surface area contributed by atoms with Gasteiger partial charge in [-0.15, -0.1) is 0 Å². The molecule has 1 aliphatic carbocycles. The number of rotatable bonds is 4. The van der Waals surface area contributed by atoms with E-state index in [1.165, 1.54) is 5.39 Å². The number of fused-ring (bicyclic) bond motifs is 1. The monoisotopic (exact) mass is 340 g/mol. The van der Waals surface area contributed by atoms with Crippen LogP contribution in [-0.4, -0.2) is 19.2 Å². The summed E-state index contributed by atoms with van der Waals surface area (Å²) in [6, 6.07) is 16.1. The average molecular weight is 340 g/mol. The molecule has 0 N–H and O–H groups in total. The molecule has 0 radical (unpaired) electrons. The lowest BCUT2D eigenvalue weighted by Crippen LogP contribution is -1.95. The Morgan fingerprint density at radius 3 is 2.46 bits per heavy atom. The van der Waals surface area contributed by atoms with Gasteiger partial charge in [0.05, 0.1) is 37.3 Å². The van der Waals surface area contributed by atoms with Crippen LogP contribution in [0.4, 0.5) is 0 Å². The normalized spacial score (nSPS) is 13.0. The summed E-state index contributed by atoms with van der Waals surface area (Å²) < 4.78 is 10.8. The Morgan fingerprint density at radius 2 is 1.69 bits per heavy atom. The summed E-state index contributed by atoms with van der Waals surface area (Å²) >= 11 is 0. The van der Waals surface area contributed by atoms with Gasteiger partial charge in [0.1, 0.15) is 11.5 Å². The highest BCUT2D eigenvalue weighted by Gasteiger charge is 2.19. The number of allylic oxidation sites excluding steroid dienone is 6. The Labute approximate surface area is 152 Å². The zero-order valence-corrected chi connectivity index (χ0v) is 14.7. The van der Waals surface area contributed by atoms with Crippen LogP contribution in [0.25, 0.3) is 21.9 Å². The first-order valence-electron chi connectivity index (χ1n) is 8.38. The predicted octanol–water partition coefficient (Wildman–Crippen LogP) is 5.09. The average Bonchev–Trinajstić information content (AvgIpc) is 2.73. The minimum Gasteiger partial charge on any atom is -0.497 e. The lowest BCUT2D eigenvalue weighted by molar-refractivity contribution is 0.394. The SMILES string of the molecule is COc1cc(OC)cc(C2=CC(c3nccc4ccccc34)=[C+]C=C2)c1. The van der Waals surface area contributed by atoms with E-state index in [1.54, 1.807) is 14.2 Å². The molecule has 0 bridgehead atoms. The molecule has 26 heavy (non-hydrogen) atoms. The third-order valence-electron chi connectivity index (χ3n) is 4.42. The Balaban J connectivity index is 1.81. The molecule has 0 fully saturated rings. The van der Waals surface area contributed by atoms with Crippen molar-refractivity contribution in [2.24, 2.45) is 0 Å². The van der Waals surface area contributed by atoms with Gasteiger partial charge in [0, 0.05) is 30.0 Å². The first kappa shape index (κ1) is 16.1. The van der Waals surface area contributed by atoms with Crippen LogP contribution in [0.2, 0.25) is 0 Å². The minimum absolute atomic E-state index is 0.761. The fraction of sp³-hybridized carbons (Fsp3) is 0.0870. The summed E-state index contributed by atoms with van der Waals surface area (Å²) in [6.07, 6.45) is 11.2. The van der Waals surface area contributed by atoms with Crippen molar-refractivity contribution < 1.29 is 9.47 Å². The minimum atomic E-state index is 0.761. The van der Waals surface area contributed by atoms with E-state index in [9.17, 15) is 0 Å². The van der Waals surface area contributed by atoms with Gasteiger partial charge in [0.15, 0.2) is 11.3 Å². The van der Waals surface area contributed by atoms with Crippen molar-refractivity contribution in [3.63, 3.8) is 0 Å². The number of pyridine rings is 1. The topological polar surface area (TPSA) is 31.4 Å². The van der Waals surface area contributed by atoms with Crippen molar-refractivity contribution in [2.75, 3.05) is 14.2 Å². The van der Waals surface area contributed by atoms with Crippen molar-refractivity contribution in [1.82, 2.24) is 4.98 Å². The molecule has 1 aliphatic rings. The number of aromatic nitrogens is 1. The zero-order valence-electron chi connectivity index (χ0n) is 14.7. The molecule has 4 rings (SSSR count). The van der Waals surface area contributed by atoms with Gasteiger partial charge < -0.3 is 9.47 Å². The van der Waals surface area contributed by atoms with E-state index >= 15 is 0 Å². The fourth-order valence-electron chi connectivity index (χ4n) is 3.09. The molecule has 1 heterocycles. The Morgan fingerprint density at radius 1 is 0.923 bits per heavy atom. The van der Waals surface area contributed by atoms with Crippen LogP contribution in [0, 0.1) is 6.08 Å². The van der Waals surface area contributed by atoms with Gasteiger partial charge in [-0.2, -0.15) is 0 Å². The highest BCUT2D eigenvalue weighted by Crippen LogP contribution is 2.33. The van der Waals surface area contributed by atoms with Gasteiger partial charge >= 0.3 is 0 Å². The molecule has 0 atom stereocenters. The van der Waals surface area contributed by atoms with Crippen molar-refractivity contribution in [1.29, 1.82) is 0 Å². The lowest BCUT2D eigenvalue weighted by atomic mass is 9.95. The summed E-state index contributed by atoms with van der Waals surface area (Å²) in [5.74, 6) is 1.52. The number of hydrogen-bond donors (Lipinski definition) is 0. The molecular weight excluding hydrogens is 322 g/mol. The molecule has 3 heteroatoms. The van der Waals surface area contributed by atoms with Gasteiger partial charge in [0.25, 0.3) is 0 Å². The van der Waals surface area contributed by atoms with Crippen molar-refractivity contribution in [3.05, 3.63) is 90.3 Å². The molecule has 3 aromatic rings. The van der Waals surface area contributed by atoms with Gasteiger partial charge in [-0.1, -0.05) is 18.2 Å². The molecule has 0 amide bonds. The van der Waals surface area contributed by atoms with Crippen molar-refractivity contribution in [2.45, 2.75) is 0 Å². The molecule has 0 unspecified atom stereocenters. The van der Waals surface area contributed by atoms with E-state index in [0.717, 1.165) is 39.3 Å². The van der Waals surface area contributed by atoms with E-state index in [2.05, 4.69) is 29.3 Å². The number of methoxy groups -OCH3 is 2. The molecule has 0 spiro atoms. The molecule has 0 aliphatic heterocycles. The van der Waals surface area contributed by atoms with Crippen LogP contribution in [0.3, 0.4) is 0 Å². The molecule has 0 saturated heterocycles. The van der Waals surface area contributed by atoms with Crippen molar-refractivity contribution in [3.8, 4) is 11.5 Å². The van der Waals surface area contributed by atoms with Crippen LogP contribution < -0.4 is 9.47 Å². The number of ether oxygens (including phenoxy) is 2. The quantitative estimate of drug-likeness (QED) is 0.620. The molecule has 0 saturated carbocycles. The number of benzene rings is 2. The van der Waals surface area contributed by atoms with Crippen LogP contribution >= 0.6 is 0 Å². The highest BCUT2D eigenvalue weighted by molar-refractivity contribution is 5.98. The molecule has 126 valence electrons. The maximum absolute atomic E-state index is 5.39. The number of nitrogens with zero attached hydrogens (tertiary/aromatic N) is 1. The summed E-state index contributed by atoms with van der Waals surface area (Å²) in [6.45, 7) is 0. The van der Waals surface area contributed by atoms with E-state index in [4.69, 9.17) is 9.47 Å².